The zero-order chi connectivity index (χ0) is 14.5. The predicted octanol–water partition coefficient (Wildman–Crippen LogP) is 1.26. The van der Waals surface area contributed by atoms with E-state index in [2.05, 4.69) is 5.32 Å². The molecule has 0 radical (unpaired) electrons. The number of nitrogens with zero attached hydrogens (tertiary/aromatic N) is 1. The van der Waals surface area contributed by atoms with Gasteiger partial charge in [0.1, 0.15) is 0 Å². The van der Waals surface area contributed by atoms with Gasteiger partial charge in [0.05, 0.1) is 5.92 Å². The Hall–Kier alpha value is -1.24. The Balaban J connectivity index is 0.00000220. The highest BCUT2D eigenvalue weighted by atomic mass is 35.5. The fourth-order valence-electron chi connectivity index (χ4n) is 2.23. The molecule has 0 bridgehead atoms. The quantitative estimate of drug-likeness (QED) is 0.797. The van der Waals surface area contributed by atoms with Crippen molar-refractivity contribution in [3.05, 3.63) is 24.3 Å². The third-order valence-corrected chi connectivity index (χ3v) is 4.07. The van der Waals surface area contributed by atoms with Gasteiger partial charge in [0.25, 0.3) is 0 Å². The minimum absolute atomic E-state index is 0. The normalized spacial score (nSPS) is 17.5. The number of carbonyl (C=O) groups is 2. The molecule has 5 nitrogen and oxygen atoms in total. The summed E-state index contributed by atoms with van der Waals surface area (Å²) in [5.74, 6) is -0.379. The van der Waals surface area contributed by atoms with Crippen LogP contribution in [-0.4, -0.2) is 37.7 Å². The number of benzene rings is 1. The molecule has 21 heavy (non-hydrogen) atoms. The summed E-state index contributed by atoms with van der Waals surface area (Å²) in [6.07, 6.45) is 2.27. The number of halogens is 1. The third-order valence-electron chi connectivity index (χ3n) is 3.32. The number of hydrogen-bond donors (Lipinski definition) is 2. The van der Waals surface area contributed by atoms with Crippen molar-refractivity contribution in [2.45, 2.75) is 11.3 Å². The van der Waals surface area contributed by atoms with Crippen molar-refractivity contribution in [3.63, 3.8) is 0 Å². The minimum atomic E-state index is -0.283. The van der Waals surface area contributed by atoms with Crippen LogP contribution in [0.25, 0.3) is 0 Å². The molecule has 3 N–H and O–H groups in total. The number of anilines is 1. The molecule has 0 aliphatic carbocycles. The number of thioether (sulfide) groups is 1. The second-order valence-corrected chi connectivity index (χ2v) is 5.56. The summed E-state index contributed by atoms with van der Waals surface area (Å²) in [6, 6.07) is 7.80. The summed E-state index contributed by atoms with van der Waals surface area (Å²) >= 11 is 1.66. The number of amides is 2. The zero-order valence-corrected chi connectivity index (χ0v) is 13.5. The van der Waals surface area contributed by atoms with Crippen LogP contribution >= 0.6 is 24.2 Å². The van der Waals surface area contributed by atoms with E-state index in [0.29, 0.717) is 19.6 Å². The number of rotatable bonds is 5. The summed E-state index contributed by atoms with van der Waals surface area (Å²) in [5.41, 5.74) is 6.20. The van der Waals surface area contributed by atoms with Gasteiger partial charge in [-0.3, -0.25) is 9.59 Å². The van der Waals surface area contributed by atoms with E-state index in [-0.39, 0.29) is 36.6 Å². The molecule has 1 aliphatic heterocycles. The number of nitrogens with one attached hydrogen (secondary N) is 1. The van der Waals surface area contributed by atoms with Crippen molar-refractivity contribution in [3.8, 4) is 0 Å². The first-order valence-corrected chi connectivity index (χ1v) is 7.80. The number of carbonyl (C=O) groups excluding carboxylic acids is 2. The Morgan fingerprint density at radius 2 is 2.10 bits per heavy atom. The van der Waals surface area contributed by atoms with Gasteiger partial charge in [-0.25, -0.2) is 0 Å². The van der Waals surface area contributed by atoms with Crippen LogP contribution in [0.15, 0.2) is 29.2 Å². The number of nitrogens with two attached hydrogens (primary N) is 1. The topological polar surface area (TPSA) is 75.4 Å². The van der Waals surface area contributed by atoms with Crippen LogP contribution in [0.1, 0.15) is 6.42 Å². The Morgan fingerprint density at radius 1 is 1.43 bits per heavy atom. The third kappa shape index (κ3) is 4.36. The first kappa shape index (κ1) is 17.8. The van der Waals surface area contributed by atoms with E-state index in [4.69, 9.17) is 5.73 Å². The van der Waals surface area contributed by atoms with E-state index < -0.39 is 0 Å². The lowest BCUT2D eigenvalue weighted by Gasteiger charge is -2.17. The predicted molar refractivity (Wildman–Crippen MR) is 88.0 cm³/mol. The molecule has 1 saturated heterocycles. The lowest BCUT2D eigenvalue weighted by molar-refractivity contribution is -0.126. The maximum absolute atomic E-state index is 12.0. The van der Waals surface area contributed by atoms with E-state index >= 15 is 0 Å². The van der Waals surface area contributed by atoms with Crippen LogP contribution in [0, 0.1) is 5.92 Å². The van der Waals surface area contributed by atoms with Gasteiger partial charge < -0.3 is 16.0 Å². The molecule has 1 aromatic carbocycles. The van der Waals surface area contributed by atoms with Crippen LogP contribution in [-0.2, 0) is 9.59 Å². The van der Waals surface area contributed by atoms with Gasteiger partial charge in [0.2, 0.25) is 11.8 Å². The van der Waals surface area contributed by atoms with E-state index in [9.17, 15) is 9.59 Å². The minimum Gasteiger partial charge on any atom is -0.355 e. The standard InChI is InChI=1S/C14H19N3O2S.ClH/c1-20-12-4-2-11(3-5-12)17-9-10(8-13(17)18)14(19)16-7-6-15;/h2-5,10H,6-9,15H2,1H3,(H,16,19);1H. The van der Waals surface area contributed by atoms with Crippen LogP contribution in [0.5, 0.6) is 0 Å². The van der Waals surface area contributed by atoms with Crippen molar-refractivity contribution < 1.29 is 9.59 Å². The SMILES string of the molecule is CSc1ccc(N2CC(C(=O)NCCN)CC2=O)cc1.Cl. The molecule has 0 spiro atoms. The summed E-state index contributed by atoms with van der Waals surface area (Å²) in [6.45, 7) is 1.30. The molecule has 1 fully saturated rings. The zero-order valence-electron chi connectivity index (χ0n) is 11.9. The smallest absolute Gasteiger partial charge is 0.227 e. The van der Waals surface area contributed by atoms with Crippen LogP contribution < -0.4 is 16.0 Å². The van der Waals surface area contributed by atoms with Gasteiger partial charge in [-0.1, -0.05) is 0 Å². The van der Waals surface area contributed by atoms with Crippen molar-refractivity contribution in [1.29, 1.82) is 0 Å². The van der Waals surface area contributed by atoms with E-state index in [1.807, 2.05) is 30.5 Å². The Kier molecular flexibility index (Phi) is 7.01. The highest BCUT2D eigenvalue weighted by molar-refractivity contribution is 7.98. The summed E-state index contributed by atoms with van der Waals surface area (Å²) < 4.78 is 0. The van der Waals surface area contributed by atoms with Gasteiger partial charge in [0, 0.05) is 36.6 Å². The van der Waals surface area contributed by atoms with Crippen LogP contribution in [0.4, 0.5) is 5.69 Å². The van der Waals surface area contributed by atoms with E-state index in [1.54, 1.807) is 16.7 Å². The fourth-order valence-corrected chi connectivity index (χ4v) is 2.64. The van der Waals surface area contributed by atoms with Crippen LogP contribution in [0.2, 0.25) is 0 Å². The molecular weight excluding hydrogens is 310 g/mol. The maximum atomic E-state index is 12.0. The van der Waals surface area contributed by atoms with E-state index in [0.717, 1.165) is 10.6 Å². The molecule has 1 aromatic rings. The molecule has 2 amide bonds. The highest BCUT2D eigenvalue weighted by Crippen LogP contribution is 2.27. The van der Waals surface area contributed by atoms with Crippen molar-refractivity contribution in [2.75, 3.05) is 30.8 Å². The van der Waals surface area contributed by atoms with Crippen LogP contribution in [0.3, 0.4) is 0 Å². The summed E-state index contributed by atoms with van der Waals surface area (Å²) in [4.78, 5) is 26.7. The summed E-state index contributed by atoms with van der Waals surface area (Å²) in [5, 5.41) is 2.74. The second kappa shape index (κ2) is 8.26. The molecule has 1 unspecified atom stereocenters. The number of hydrogen-bond acceptors (Lipinski definition) is 4. The molecule has 1 atom stereocenters. The Bertz CT molecular complexity index is 495. The van der Waals surface area contributed by atoms with E-state index in [1.165, 1.54) is 0 Å². The highest BCUT2D eigenvalue weighted by Gasteiger charge is 2.34. The molecule has 2 rings (SSSR count). The second-order valence-electron chi connectivity index (χ2n) is 4.68. The van der Waals surface area contributed by atoms with Gasteiger partial charge in [-0.15, -0.1) is 24.2 Å². The molecule has 0 saturated carbocycles. The van der Waals surface area contributed by atoms with Crippen molar-refractivity contribution in [1.82, 2.24) is 5.32 Å². The first-order valence-electron chi connectivity index (χ1n) is 6.58. The molecule has 7 heteroatoms. The Morgan fingerprint density at radius 3 is 2.67 bits per heavy atom. The molecule has 1 heterocycles. The van der Waals surface area contributed by atoms with Gasteiger partial charge in [0.15, 0.2) is 0 Å². The Labute approximate surface area is 135 Å². The average molecular weight is 330 g/mol. The average Bonchev–Trinajstić information content (AvgIpc) is 2.87. The fraction of sp³-hybridized carbons (Fsp3) is 0.429. The van der Waals surface area contributed by atoms with Gasteiger partial charge in [-0.2, -0.15) is 0 Å². The van der Waals surface area contributed by atoms with Gasteiger partial charge in [-0.05, 0) is 30.5 Å². The molecular formula is C14H20ClN3O2S. The lowest BCUT2D eigenvalue weighted by Crippen LogP contribution is -2.35. The molecule has 1 aliphatic rings. The van der Waals surface area contributed by atoms with Crippen molar-refractivity contribution in [2.24, 2.45) is 11.7 Å². The monoisotopic (exact) mass is 329 g/mol. The first-order chi connectivity index (χ1) is 9.65. The summed E-state index contributed by atoms with van der Waals surface area (Å²) in [7, 11) is 0. The van der Waals surface area contributed by atoms with Crippen molar-refractivity contribution >= 4 is 41.7 Å². The molecule has 116 valence electrons. The molecule has 0 aromatic heterocycles. The largest absolute Gasteiger partial charge is 0.355 e. The maximum Gasteiger partial charge on any atom is 0.227 e. The van der Waals surface area contributed by atoms with Gasteiger partial charge >= 0.3 is 0 Å². The lowest BCUT2D eigenvalue weighted by atomic mass is 10.1.